The molecule has 5 nitrogen and oxygen atoms in total. The number of nitrogens with zero attached hydrogens (tertiary/aromatic N) is 1. The molecule has 0 saturated heterocycles. The molecule has 3 rings (SSSR count). The molecule has 0 radical (unpaired) electrons. The van der Waals surface area contributed by atoms with Crippen LogP contribution in [0.2, 0.25) is 0 Å². The molecule has 3 N–H and O–H groups in total. The largest absolute Gasteiger partial charge is 0.398 e. The molecule has 124 valence electrons. The Morgan fingerprint density at radius 3 is 2.62 bits per heavy atom. The van der Waals surface area contributed by atoms with E-state index < -0.39 is 0 Å². The average molecular weight is 323 g/mol. The molecule has 0 saturated carbocycles. The standard InChI is InChI=1S/C19H21N3O2/c1-13(23)21-12-14-7-9-15(10-8-14)19(24)22-11-3-4-16-17(20)5-2-6-18(16)22/h2,5-10H,3-4,11-12,20H2,1H3,(H,21,23). The number of nitrogen functional groups attached to an aromatic ring is 1. The number of nitrogens with one attached hydrogen (secondary N) is 1. The highest BCUT2D eigenvalue weighted by molar-refractivity contribution is 6.07. The van der Waals surface area contributed by atoms with Crippen molar-refractivity contribution in [3.63, 3.8) is 0 Å². The Morgan fingerprint density at radius 2 is 1.92 bits per heavy atom. The zero-order valence-corrected chi connectivity index (χ0v) is 13.7. The van der Waals surface area contributed by atoms with Crippen molar-refractivity contribution in [3.05, 3.63) is 59.2 Å². The van der Waals surface area contributed by atoms with E-state index in [1.54, 1.807) is 17.0 Å². The summed E-state index contributed by atoms with van der Waals surface area (Å²) in [6, 6.07) is 13.1. The molecule has 2 aromatic carbocycles. The second-order valence-electron chi connectivity index (χ2n) is 6.01. The normalized spacial score (nSPS) is 13.3. The summed E-state index contributed by atoms with van der Waals surface area (Å²) >= 11 is 0. The number of nitrogens with two attached hydrogens (primary N) is 1. The molecule has 0 atom stereocenters. The van der Waals surface area contributed by atoms with Crippen LogP contribution in [0.3, 0.4) is 0 Å². The molecule has 0 aromatic heterocycles. The van der Waals surface area contributed by atoms with Gasteiger partial charge in [0.05, 0.1) is 0 Å². The number of carbonyl (C=O) groups is 2. The average Bonchev–Trinajstić information content (AvgIpc) is 2.60. The van der Waals surface area contributed by atoms with E-state index in [0.717, 1.165) is 35.3 Å². The van der Waals surface area contributed by atoms with Gasteiger partial charge >= 0.3 is 0 Å². The molecule has 24 heavy (non-hydrogen) atoms. The third-order valence-electron chi connectivity index (χ3n) is 4.27. The third-order valence-corrected chi connectivity index (χ3v) is 4.27. The molecule has 5 heteroatoms. The molecule has 0 unspecified atom stereocenters. The van der Waals surface area contributed by atoms with Crippen LogP contribution in [-0.2, 0) is 17.8 Å². The Kier molecular flexibility index (Phi) is 4.51. The van der Waals surface area contributed by atoms with Crippen molar-refractivity contribution in [1.29, 1.82) is 0 Å². The maximum atomic E-state index is 12.9. The lowest BCUT2D eigenvalue weighted by atomic mass is 9.99. The quantitative estimate of drug-likeness (QED) is 0.852. The van der Waals surface area contributed by atoms with Gasteiger partial charge in [0.15, 0.2) is 0 Å². The topological polar surface area (TPSA) is 75.4 Å². The fraction of sp³-hybridized carbons (Fsp3) is 0.263. The Balaban J connectivity index is 1.80. The number of anilines is 2. The second kappa shape index (κ2) is 6.74. The lowest BCUT2D eigenvalue weighted by molar-refractivity contribution is -0.119. The van der Waals surface area contributed by atoms with Crippen LogP contribution >= 0.6 is 0 Å². The van der Waals surface area contributed by atoms with Gasteiger partial charge in [-0.05, 0) is 48.2 Å². The van der Waals surface area contributed by atoms with E-state index in [-0.39, 0.29) is 11.8 Å². The van der Waals surface area contributed by atoms with Gasteiger partial charge in [0.1, 0.15) is 0 Å². The molecule has 0 bridgehead atoms. The lowest BCUT2D eigenvalue weighted by Crippen LogP contribution is -2.35. The zero-order valence-electron chi connectivity index (χ0n) is 13.7. The predicted molar refractivity (Wildman–Crippen MR) is 94.8 cm³/mol. The van der Waals surface area contributed by atoms with Crippen LogP contribution in [0.25, 0.3) is 0 Å². The number of hydrogen-bond donors (Lipinski definition) is 2. The summed E-state index contributed by atoms with van der Waals surface area (Å²) in [6.45, 7) is 2.65. The van der Waals surface area contributed by atoms with Crippen LogP contribution in [0, 0.1) is 0 Å². The summed E-state index contributed by atoms with van der Waals surface area (Å²) < 4.78 is 0. The molecule has 1 aliphatic heterocycles. The highest BCUT2D eigenvalue weighted by Crippen LogP contribution is 2.32. The highest BCUT2D eigenvalue weighted by atomic mass is 16.2. The fourth-order valence-corrected chi connectivity index (χ4v) is 3.01. The van der Waals surface area contributed by atoms with E-state index >= 15 is 0 Å². The monoisotopic (exact) mass is 323 g/mol. The Hall–Kier alpha value is -2.82. The van der Waals surface area contributed by atoms with Gasteiger partial charge in [0.25, 0.3) is 5.91 Å². The summed E-state index contributed by atoms with van der Waals surface area (Å²) in [5.74, 6) is -0.0923. The smallest absolute Gasteiger partial charge is 0.258 e. The molecular formula is C19H21N3O2. The molecule has 2 aromatic rings. The van der Waals surface area contributed by atoms with E-state index in [0.29, 0.717) is 18.7 Å². The van der Waals surface area contributed by atoms with Gasteiger partial charge in [-0.15, -0.1) is 0 Å². The third kappa shape index (κ3) is 3.25. The van der Waals surface area contributed by atoms with Gasteiger partial charge in [-0.1, -0.05) is 18.2 Å². The van der Waals surface area contributed by atoms with E-state index in [1.807, 2.05) is 30.3 Å². The first kappa shape index (κ1) is 16.1. The summed E-state index contributed by atoms with van der Waals surface area (Å²) in [5.41, 5.74) is 10.4. The summed E-state index contributed by atoms with van der Waals surface area (Å²) in [7, 11) is 0. The van der Waals surface area contributed by atoms with Crippen molar-refractivity contribution >= 4 is 23.2 Å². The van der Waals surface area contributed by atoms with Crippen LogP contribution in [-0.4, -0.2) is 18.4 Å². The van der Waals surface area contributed by atoms with Crippen molar-refractivity contribution < 1.29 is 9.59 Å². The van der Waals surface area contributed by atoms with Crippen molar-refractivity contribution in [3.8, 4) is 0 Å². The van der Waals surface area contributed by atoms with Crippen molar-refractivity contribution in [2.45, 2.75) is 26.3 Å². The Labute approximate surface area is 141 Å². The van der Waals surface area contributed by atoms with Crippen LogP contribution in [0.5, 0.6) is 0 Å². The minimum atomic E-state index is -0.0716. The summed E-state index contributed by atoms with van der Waals surface area (Å²) in [6.07, 6.45) is 1.81. The predicted octanol–water partition coefficient (Wildman–Crippen LogP) is 2.50. The molecule has 1 aliphatic rings. The number of rotatable bonds is 3. The summed E-state index contributed by atoms with van der Waals surface area (Å²) in [4.78, 5) is 25.6. The van der Waals surface area contributed by atoms with Crippen LogP contribution in [0.4, 0.5) is 11.4 Å². The first-order chi connectivity index (χ1) is 11.6. The van der Waals surface area contributed by atoms with Crippen molar-refractivity contribution in [2.75, 3.05) is 17.2 Å². The van der Waals surface area contributed by atoms with Gasteiger partial charge in [-0.25, -0.2) is 0 Å². The van der Waals surface area contributed by atoms with Gasteiger partial charge < -0.3 is 16.0 Å². The molecule has 0 aliphatic carbocycles. The number of fused-ring (bicyclic) bond motifs is 1. The van der Waals surface area contributed by atoms with Crippen LogP contribution < -0.4 is 16.0 Å². The number of carbonyl (C=O) groups excluding carboxylic acids is 2. The van der Waals surface area contributed by atoms with Gasteiger partial charge in [0.2, 0.25) is 5.91 Å². The van der Waals surface area contributed by atoms with Gasteiger partial charge in [-0.2, -0.15) is 0 Å². The first-order valence-electron chi connectivity index (χ1n) is 8.09. The lowest BCUT2D eigenvalue weighted by Gasteiger charge is -2.30. The van der Waals surface area contributed by atoms with Crippen molar-refractivity contribution in [2.24, 2.45) is 0 Å². The number of amides is 2. The van der Waals surface area contributed by atoms with Crippen molar-refractivity contribution in [1.82, 2.24) is 5.32 Å². The summed E-state index contributed by atoms with van der Waals surface area (Å²) in [5, 5.41) is 2.74. The van der Waals surface area contributed by atoms with E-state index in [9.17, 15) is 9.59 Å². The molecule has 2 amide bonds. The second-order valence-corrected chi connectivity index (χ2v) is 6.01. The van der Waals surface area contributed by atoms with Crippen LogP contribution in [0.15, 0.2) is 42.5 Å². The SMILES string of the molecule is CC(=O)NCc1ccc(C(=O)N2CCCc3c(N)cccc32)cc1. The maximum absolute atomic E-state index is 12.9. The first-order valence-corrected chi connectivity index (χ1v) is 8.09. The van der Waals surface area contributed by atoms with Gasteiger partial charge in [0, 0.05) is 37.0 Å². The maximum Gasteiger partial charge on any atom is 0.258 e. The molecular weight excluding hydrogens is 302 g/mol. The molecule has 0 spiro atoms. The Morgan fingerprint density at radius 1 is 1.17 bits per heavy atom. The highest BCUT2D eigenvalue weighted by Gasteiger charge is 2.24. The fourth-order valence-electron chi connectivity index (χ4n) is 3.01. The van der Waals surface area contributed by atoms with Gasteiger partial charge in [-0.3, -0.25) is 9.59 Å². The van der Waals surface area contributed by atoms with E-state index in [2.05, 4.69) is 5.32 Å². The zero-order chi connectivity index (χ0) is 17.1. The Bertz CT molecular complexity index is 769. The van der Waals surface area contributed by atoms with Crippen LogP contribution in [0.1, 0.15) is 34.8 Å². The molecule has 1 heterocycles. The number of benzene rings is 2. The van der Waals surface area contributed by atoms with E-state index in [4.69, 9.17) is 5.73 Å². The minimum absolute atomic E-state index is 0.0207. The molecule has 0 fully saturated rings. The minimum Gasteiger partial charge on any atom is -0.398 e. The van der Waals surface area contributed by atoms with E-state index in [1.165, 1.54) is 6.92 Å². The number of hydrogen-bond acceptors (Lipinski definition) is 3.